The number of carbonyl (C=O) groups excluding carboxylic acids is 3. The molecule has 0 unspecified atom stereocenters. The second-order valence-electron chi connectivity index (χ2n) is 5.58. The van der Waals surface area contributed by atoms with Gasteiger partial charge < -0.3 is 14.0 Å². The van der Waals surface area contributed by atoms with Crippen LogP contribution in [0.3, 0.4) is 0 Å². The Morgan fingerprint density at radius 1 is 1.16 bits per heavy atom. The molecule has 1 saturated heterocycles. The van der Waals surface area contributed by atoms with Crippen LogP contribution in [0.1, 0.15) is 16.8 Å². The number of esters is 1. The Labute approximate surface area is 146 Å². The third-order valence-corrected chi connectivity index (χ3v) is 3.35. The van der Waals surface area contributed by atoms with Gasteiger partial charge in [0, 0.05) is 6.32 Å². The first-order valence-corrected chi connectivity index (χ1v) is 7.99. The van der Waals surface area contributed by atoms with Gasteiger partial charge in [-0.25, -0.2) is 4.79 Å². The van der Waals surface area contributed by atoms with E-state index in [2.05, 4.69) is 0 Å². The lowest BCUT2D eigenvalue weighted by Crippen LogP contribution is -2.42. The molecule has 1 aromatic carbocycles. The van der Waals surface area contributed by atoms with Crippen LogP contribution in [-0.4, -0.2) is 56.7 Å². The molecule has 1 aliphatic rings. The number of carbonyl (C=O) groups is 3. The molecule has 0 bridgehead atoms. The van der Waals surface area contributed by atoms with Crippen LogP contribution in [0, 0.1) is 0 Å². The number of rotatable bonds is 6. The number of hydrogen-bond donors (Lipinski definition) is 0. The molecule has 25 heavy (non-hydrogen) atoms. The van der Waals surface area contributed by atoms with E-state index in [0.717, 1.165) is 0 Å². The summed E-state index contributed by atoms with van der Waals surface area (Å²) in [5.41, 5.74) is 0.504. The predicted molar refractivity (Wildman–Crippen MR) is 90.7 cm³/mol. The van der Waals surface area contributed by atoms with Crippen molar-refractivity contribution in [2.45, 2.75) is 12.7 Å². The normalized spacial score (nSPS) is 16.1. The van der Waals surface area contributed by atoms with E-state index < -0.39 is 19.1 Å². The van der Waals surface area contributed by atoms with Gasteiger partial charge in [0.2, 0.25) is 0 Å². The zero-order valence-corrected chi connectivity index (χ0v) is 14.1. The average Bonchev–Trinajstić information content (AvgIpc) is 2.56. The minimum Gasteiger partial charge on any atom is -0.498 e. The second-order valence-corrected chi connectivity index (χ2v) is 5.58. The molecule has 0 aromatic heterocycles. The first-order chi connectivity index (χ1) is 12.0. The molecule has 7 nitrogen and oxygen atoms in total. The van der Waals surface area contributed by atoms with Gasteiger partial charge in [0.25, 0.3) is 0 Å². The Morgan fingerprint density at radius 2 is 1.80 bits per heavy atom. The second kappa shape index (κ2) is 9.63. The Kier molecular flexibility index (Phi) is 7.22. The smallest absolute Gasteiger partial charge is 0.498 e. The van der Waals surface area contributed by atoms with Gasteiger partial charge in [0.05, 0.1) is 25.3 Å². The average molecular weight is 345 g/mol. The number of allylic oxidation sites excluding steroid dienone is 1. The number of hydrogen-bond acceptors (Lipinski definition) is 7. The van der Waals surface area contributed by atoms with Crippen LogP contribution in [-0.2, 0) is 23.6 Å². The van der Waals surface area contributed by atoms with Crippen LogP contribution in [0.25, 0.3) is 0 Å². The van der Waals surface area contributed by atoms with Crippen LogP contribution in [0.4, 0.5) is 0 Å². The SMILES string of the molecule is CN1CC(=O)OB(CC=CCCOC(=O)c2ccccc2)OC(=O)C1. The maximum Gasteiger partial charge on any atom is 0.602 e. The monoisotopic (exact) mass is 345 g/mol. The van der Waals surface area contributed by atoms with Crippen molar-refractivity contribution >= 4 is 25.0 Å². The lowest BCUT2D eigenvalue weighted by molar-refractivity contribution is -0.145. The number of ether oxygens (including phenoxy) is 1. The molecule has 0 atom stereocenters. The highest BCUT2D eigenvalue weighted by Gasteiger charge is 2.30. The Hall–Kier alpha value is -2.61. The first-order valence-electron chi connectivity index (χ1n) is 7.99. The molecule has 0 saturated carbocycles. The van der Waals surface area contributed by atoms with E-state index in [9.17, 15) is 14.4 Å². The molecule has 0 N–H and O–H groups in total. The lowest BCUT2D eigenvalue weighted by atomic mass is 9.84. The zero-order valence-electron chi connectivity index (χ0n) is 14.1. The molecule has 0 radical (unpaired) electrons. The third-order valence-electron chi connectivity index (χ3n) is 3.35. The molecule has 0 amide bonds. The van der Waals surface area contributed by atoms with Gasteiger partial charge >= 0.3 is 25.0 Å². The third kappa shape index (κ3) is 6.80. The van der Waals surface area contributed by atoms with Gasteiger partial charge in [-0.3, -0.25) is 14.5 Å². The van der Waals surface area contributed by atoms with Gasteiger partial charge in [-0.2, -0.15) is 0 Å². The Morgan fingerprint density at radius 3 is 2.44 bits per heavy atom. The van der Waals surface area contributed by atoms with Crippen LogP contribution >= 0.6 is 0 Å². The summed E-state index contributed by atoms with van der Waals surface area (Å²) >= 11 is 0. The van der Waals surface area contributed by atoms with Gasteiger partial charge in [-0.05, 0) is 25.6 Å². The van der Waals surface area contributed by atoms with Crippen molar-refractivity contribution in [2.24, 2.45) is 0 Å². The van der Waals surface area contributed by atoms with Crippen molar-refractivity contribution in [1.82, 2.24) is 4.90 Å². The standard InChI is InChI=1S/C17H20BNO6/c1-19-12-15(20)24-18(25-16(21)13-19)10-6-3-7-11-23-17(22)14-8-4-2-5-9-14/h2-6,8-9H,7,10-13H2,1H3. The quantitative estimate of drug-likeness (QED) is 0.333. The van der Waals surface area contributed by atoms with E-state index >= 15 is 0 Å². The molecule has 132 valence electrons. The topological polar surface area (TPSA) is 82.1 Å². The maximum atomic E-state index is 11.7. The van der Waals surface area contributed by atoms with E-state index in [4.69, 9.17) is 14.0 Å². The fourth-order valence-electron chi connectivity index (χ4n) is 2.19. The van der Waals surface area contributed by atoms with Gasteiger partial charge in [-0.1, -0.05) is 30.4 Å². The summed E-state index contributed by atoms with van der Waals surface area (Å²) in [7, 11) is 0.719. The van der Waals surface area contributed by atoms with Crippen LogP contribution < -0.4 is 0 Å². The summed E-state index contributed by atoms with van der Waals surface area (Å²) in [6.07, 6.45) is 4.28. The molecular formula is C17H20BNO6. The van der Waals surface area contributed by atoms with Crippen molar-refractivity contribution in [3.63, 3.8) is 0 Å². The summed E-state index contributed by atoms with van der Waals surface area (Å²) in [4.78, 5) is 36.4. The fraction of sp³-hybridized carbons (Fsp3) is 0.353. The van der Waals surface area contributed by atoms with Crippen LogP contribution in [0.15, 0.2) is 42.5 Å². The van der Waals surface area contributed by atoms with Crippen LogP contribution in [0.2, 0.25) is 6.32 Å². The van der Waals surface area contributed by atoms with Crippen molar-refractivity contribution in [3.8, 4) is 0 Å². The zero-order chi connectivity index (χ0) is 18.1. The molecule has 8 heteroatoms. The minimum atomic E-state index is -0.920. The molecule has 0 aliphatic carbocycles. The first kappa shape index (κ1) is 18.7. The molecule has 1 fully saturated rings. The summed E-state index contributed by atoms with van der Waals surface area (Å²) in [6, 6.07) is 8.74. The van der Waals surface area contributed by atoms with Crippen molar-refractivity contribution < 1.29 is 28.4 Å². The molecule has 2 rings (SSSR count). The van der Waals surface area contributed by atoms with Crippen molar-refractivity contribution in [2.75, 3.05) is 26.7 Å². The highest BCUT2D eigenvalue weighted by Crippen LogP contribution is 2.06. The van der Waals surface area contributed by atoms with E-state index in [-0.39, 0.29) is 32.0 Å². The minimum absolute atomic E-state index is 0.0464. The Balaban J connectivity index is 1.69. The van der Waals surface area contributed by atoms with Crippen molar-refractivity contribution in [1.29, 1.82) is 0 Å². The van der Waals surface area contributed by atoms with E-state index in [0.29, 0.717) is 12.0 Å². The summed E-state index contributed by atoms with van der Waals surface area (Å²) in [6.45, 7) is 0.328. The Bertz CT molecular complexity index is 613. The fourth-order valence-corrected chi connectivity index (χ4v) is 2.19. The summed E-state index contributed by atoms with van der Waals surface area (Å²) in [5, 5.41) is 0. The lowest BCUT2D eigenvalue weighted by Gasteiger charge is -2.21. The summed E-state index contributed by atoms with van der Waals surface area (Å²) in [5.74, 6) is -1.25. The molecule has 0 spiro atoms. The largest absolute Gasteiger partial charge is 0.602 e. The van der Waals surface area contributed by atoms with Crippen LogP contribution in [0.5, 0.6) is 0 Å². The van der Waals surface area contributed by atoms with Crippen molar-refractivity contribution in [3.05, 3.63) is 48.0 Å². The molecular weight excluding hydrogens is 325 g/mol. The number of benzene rings is 1. The predicted octanol–water partition coefficient (Wildman–Crippen LogP) is 1.31. The number of likely N-dealkylation sites (N-methyl/N-ethyl adjacent to an activating group) is 1. The highest BCUT2D eigenvalue weighted by molar-refractivity contribution is 6.49. The molecule has 1 aromatic rings. The van der Waals surface area contributed by atoms with E-state index in [1.807, 2.05) is 6.07 Å². The van der Waals surface area contributed by atoms with E-state index in [1.165, 1.54) is 4.90 Å². The van der Waals surface area contributed by atoms with E-state index in [1.54, 1.807) is 43.5 Å². The number of nitrogens with zero attached hydrogens (tertiary/aromatic N) is 1. The molecule has 1 heterocycles. The molecule has 1 aliphatic heterocycles. The van der Waals surface area contributed by atoms with Gasteiger partial charge in [0.1, 0.15) is 0 Å². The highest BCUT2D eigenvalue weighted by atomic mass is 16.6. The van der Waals surface area contributed by atoms with Gasteiger partial charge in [0.15, 0.2) is 0 Å². The maximum absolute atomic E-state index is 11.7. The van der Waals surface area contributed by atoms with Gasteiger partial charge in [-0.15, -0.1) is 0 Å². The summed E-state index contributed by atoms with van der Waals surface area (Å²) < 4.78 is 15.3.